The first-order valence-corrected chi connectivity index (χ1v) is 15.7. The number of nitrogens with zero attached hydrogens (tertiary/aromatic N) is 3. The number of hydrogen-bond acceptors (Lipinski definition) is 6. The number of unbranched alkanes of at least 4 members (excludes halogenated alkanes) is 1. The van der Waals surface area contributed by atoms with E-state index in [1.165, 1.54) is 0 Å². The number of allylic oxidation sites excluding steroid dienone is 4. The quantitative estimate of drug-likeness (QED) is 0.174. The van der Waals surface area contributed by atoms with Crippen LogP contribution in [0.5, 0.6) is 0 Å². The highest BCUT2D eigenvalue weighted by atomic mass is 16.3. The van der Waals surface area contributed by atoms with Gasteiger partial charge in [-0.2, -0.15) is 5.26 Å². The first kappa shape index (κ1) is 32.3. The van der Waals surface area contributed by atoms with E-state index in [2.05, 4.69) is 70.8 Å². The van der Waals surface area contributed by atoms with E-state index < -0.39 is 5.60 Å². The van der Waals surface area contributed by atoms with Gasteiger partial charge in [-0.1, -0.05) is 62.7 Å². The van der Waals surface area contributed by atoms with E-state index in [1.54, 1.807) is 6.21 Å². The third kappa shape index (κ3) is 9.45. The summed E-state index contributed by atoms with van der Waals surface area (Å²) in [6.45, 7) is 7.72. The lowest BCUT2D eigenvalue weighted by Crippen LogP contribution is -2.46. The van der Waals surface area contributed by atoms with Gasteiger partial charge >= 0.3 is 0 Å². The first-order chi connectivity index (χ1) is 21.4. The number of aliphatic hydroxyl groups is 1. The maximum absolute atomic E-state index is 11.2. The van der Waals surface area contributed by atoms with Crippen molar-refractivity contribution in [3.8, 4) is 6.07 Å². The fourth-order valence-electron chi connectivity index (χ4n) is 5.32. The lowest BCUT2D eigenvalue weighted by atomic mass is 9.85. The van der Waals surface area contributed by atoms with Crippen molar-refractivity contribution in [1.82, 2.24) is 0 Å². The Labute approximate surface area is 263 Å². The van der Waals surface area contributed by atoms with Crippen molar-refractivity contribution >= 4 is 28.8 Å². The summed E-state index contributed by atoms with van der Waals surface area (Å²) in [7, 11) is 0. The maximum atomic E-state index is 11.2. The summed E-state index contributed by atoms with van der Waals surface area (Å²) < 4.78 is 0. The molecular formula is C38H45N5O. The summed E-state index contributed by atoms with van der Waals surface area (Å²) >= 11 is 0. The Hall–Kier alpha value is -4.60. The monoisotopic (exact) mass is 587 g/mol. The van der Waals surface area contributed by atoms with E-state index >= 15 is 0 Å². The summed E-state index contributed by atoms with van der Waals surface area (Å²) in [4.78, 5) is 6.89. The summed E-state index contributed by atoms with van der Waals surface area (Å²) in [6.07, 6.45) is 15.0. The molecule has 1 aliphatic rings. The van der Waals surface area contributed by atoms with Gasteiger partial charge in [-0.15, -0.1) is 0 Å². The molecule has 1 saturated heterocycles. The van der Waals surface area contributed by atoms with Crippen LogP contribution in [-0.2, 0) is 6.42 Å². The zero-order valence-electron chi connectivity index (χ0n) is 26.3. The van der Waals surface area contributed by atoms with Gasteiger partial charge in [0.2, 0.25) is 0 Å². The fourth-order valence-corrected chi connectivity index (χ4v) is 5.32. The molecule has 3 N–H and O–H groups in total. The van der Waals surface area contributed by atoms with Gasteiger partial charge in [0, 0.05) is 37.1 Å². The topological polar surface area (TPSA) is 83.7 Å². The van der Waals surface area contributed by atoms with Crippen molar-refractivity contribution in [2.45, 2.75) is 64.9 Å². The van der Waals surface area contributed by atoms with Gasteiger partial charge in [0.25, 0.3) is 0 Å². The van der Waals surface area contributed by atoms with Crippen molar-refractivity contribution in [2.24, 2.45) is 4.99 Å². The minimum atomic E-state index is -0.713. The van der Waals surface area contributed by atoms with Crippen LogP contribution in [0.3, 0.4) is 0 Å². The maximum Gasteiger partial charge on any atom is 0.126 e. The zero-order valence-corrected chi connectivity index (χ0v) is 26.3. The molecule has 0 spiro atoms. The molecule has 6 heteroatoms. The molecule has 6 nitrogen and oxygen atoms in total. The van der Waals surface area contributed by atoms with Crippen LogP contribution in [0.1, 0.15) is 69.6 Å². The molecule has 3 aromatic carbocycles. The smallest absolute Gasteiger partial charge is 0.126 e. The lowest BCUT2D eigenvalue weighted by molar-refractivity contribution is 0.0165. The van der Waals surface area contributed by atoms with Gasteiger partial charge in [-0.3, -0.25) is 0 Å². The van der Waals surface area contributed by atoms with Crippen LogP contribution in [0, 0.1) is 11.3 Å². The molecule has 0 atom stereocenters. The highest BCUT2D eigenvalue weighted by Gasteiger charge is 2.33. The number of piperidine rings is 1. The van der Waals surface area contributed by atoms with Crippen LogP contribution >= 0.6 is 0 Å². The Kier molecular flexibility index (Phi) is 12.0. The second-order valence-corrected chi connectivity index (χ2v) is 11.4. The van der Waals surface area contributed by atoms with Crippen LogP contribution in [0.2, 0.25) is 0 Å². The summed E-state index contributed by atoms with van der Waals surface area (Å²) in [5, 5.41) is 27.9. The highest BCUT2D eigenvalue weighted by molar-refractivity contribution is 5.85. The molecule has 0 aromatic heterocycles. The Morgan fingerprint density at radius 1 is 1.02 bits per heavy atom. The molecule has 0 radical (unpaired) electrons. The van der Waals surface area contributed by atoms with E-state index in [-0.39, 0.29) is 0 Å². The van der Waals surface area contributed by atoms with Gasteiger partial charge in [0.05, 0.1) is 16.9 Å². The number of rotatable bonds is 13. The van der Waals surface area contributed by atoms with Crippen molar-refractivity contribution < 1.29 is 5.11 Å². The molecule has 1 heterocycles. The Morgan fingerprint density at radius 2 is 1.75 bits per heavy atom. The molecule has 1 fully saturated rings. The number of nitrogens with one attached hydrogen (secondary N) is 2. The number of hydrogen-bond donors (Lipinski definition) is 3. The fraction of sp³-hybridized carbons (Fsp3) is 0.316. The van der Waals surface area contributed by atoms with Crippen LogP contribution in [-0.4, -0.2) is 30.0 Å². The van der Waals surface area contributed by atoms with Crippen LogP contribution in [0.4, 0.5) is 17.1 Å². The second kappa shape index (κ2) is 16.3. The number of benzene rings is 3. The predicted molar refractivity (Wildman–Crippen MR) is 186 cm³/mol. The van der Waals surface area contributed by atoms with Crippen molar-refractivity contribution in [3.05, 3.63) is 120 Å². The van der Waals surface area contributed by atoms with E-state index in [0.29, 0.717) is 37.9 Å². The van der Waals surface area contributed by atoms with Crippen LogP contribution < -0.4 is 15.5 Å². The van der Waals surface area contributed by atoms with Crippen molar-refractivity contribution in [2.75, 3.05) is 28.6 Å². The van der Waals surface area contributed by atoms with E-state index in [9.17, 15) is 10.4 Å². The van der Waals surface area contributed by atoms with Gasteiger partial charge in [-0.05, 0) is 104 Å². The van der Waals surface area contributed by atoms with E-state index in [1.807, 2.05) is 73.8 Å². The van der Waals surface area contributed by atoms with Crippen molar-refractivity contribution in [1.29, 1.82) is 5.26 Å². The first-order valence-electron chi connectivity index (χ1n) is 15.7. The molecule has 3 aromatic rings. The molecule has 228 valence electrons. The molecule has 0 saturated carbocycles. The average molecular weight is 588 g/mol. The summed E-state index contributed by atoms with van der Waals surface area (Å²) in [5.74, 6) is 0.783. The van der Waals surface area contributed by atoms with Gasteiger partial charge in [0.1, 0.15) is 11.9 Å². The molecule has 44 heavy (non-hydrogen) atoms. The molecule has 0 unspecified atom stereocenters. The third-order valence-electron chi connectivity index (χ3n) is 7.90. The minimum Gasteiger partial charge on any atom is -0.389 e. The molecule has 1 aliphatic heterocycles. The molecule has 0 amide bonds. The number of nitriles is 1. The molecular weight excluding hydrogens is 542 g/mol. The van der Waals surface area contributed by atoms with Crippen LogP contribution in [0.25, 0.3) is 5.57 Å². The number of anilines is 3. The largest absolute Gasteiger partial charge is 0.389 e. The predicted octanol–water partition coefficient (Wildman–Crippen LogP) is 8.70. The molecule has 4 rings (SSSR count). The Morgan fingerprint density at radius 3 is 2.43 bits per heavy atom. The van der Waals surface area contributed by atoms with E-state index in [4.69, 9.17) is 0 Å². The Balaban J connectivity index is 1.37. The SMILES string of the molecule is CC/C=C(/N=C\C=C(/C)c1ccc(N2CCC(O)(Cc3ccccc3)CC2)c(C#N)c1)Nc1ccc(N/C=C\CCC)cc1. The summed E-state index contributed by atoms with van der Waals surface area (Å²) in [6, 6.07) is 26.8. The molecule has 0 bridgehead atoms. The van der Waals surface area contributed by atoms with Gasteiger partial charge < -0.3 is 20.6 Å². The summed E-state index contributed by atoms with van der Waals surface area (Å²) in [5.41, 5.74) is 6.03. The second-order valence-electron chi connectivity index (χ2n) is 11.4. The highest BCUT2D eigenvalue weighted by Crippen LogP contribution is 2.32. The third-order valence-corrected chi connectivity index (χ3v) is 7.90. The van der Waals surface area contributed by atoms with Gasteiger partial charge in [-0.25, -0.2) is 4.99 Å². The number of aliphatic imine (C=N–C) groups is 1. The van der Waals surface area contributed by atoms with Crippen molar-refractivity contribution in [3.63, 3.8) is 0 Å². The normalized spacial score (nSPS) is 15.5. The Bertz CT molecular complexity index is 1510. The van der Waals surface area contributed by atoms with Crippen LogP contribution in [0.15, 0.2) is 108 Å². The standard InChI is InChI=1S/C38H45N5O/c1-4-6-10-23-40-34-15-17-35(18-16-34)42-37(11-5-2)41-24-20-30(3)32-14-19-36(33(27-32)29-39)43-25-21-38(44,22-26-43)28-31-12-8-7-9-13-31/h7-20,23-24,27,40,42,44H,4-6,21-22,25-26,28H2,1-3H3/b23-10-,30-20+,37-11-,41-24-. The average Bonchev–Trinajstić information content (AvgIpc) is 3.04. The molecule has 0 aliphatic carbocycles. The zero-order chi connectivity index (χ0) is 31.2. The minimum absolute atomic E-state index is 0.646. The lowest BCUT2D eigenvalue weighted by Gasteiger charge is -2.39. The van der Waals surface area contributed by atoms with Gasteiger partial charge in [0.15, 0.2) is 0 Å². The van der Waals surface area contributed by atoms with E-state index in [0.717, 1.165) is 58.8 Å².